The maximum absolute atomic E-state index is 10.1. The topological polar surface area (TPSA) is 43.7 Å². The van der Waals surface area contributed by atoms with Gasteiger partial charge in [-0.25, -0.2) is 0 Å². The molecule has 1 heterocycles. The molecule has 0 radical (unpaired) electrons. The summed E-state index contributed by atoms with van der Waals surface area (Å²) >= 11 is 0. The van der Waals surface area contributed by atoms with Crippen molar-refractivity contribution in [3.63, 3.8) is 0 Å². The van der Waals surface area contributed by atoms with Crippen LogP contribution in [0.25, 0.3) is 0 Å². The third-order valence-corrected chi connectivity index (χ3v) is 4.22. The first kappa shape index (κ1) is 14.5. The van der Waals surface area contributed by atoms with Crippen LogP contribution in [0.5, 0.6) is 0 Å². The summed E-state index contributed by atoms with van der Waals surface area (Å²) in [6.07, 6.45) is 2.37. The molecular formula is C16H25NO2. The lowest BCUT2D eigenvalue weighted by atomic mass is 9.92. The fourth-order valence-corrected chi connectivity index (χ4v) is 2.81. The summed E-state index contributed by atoms with van der Waals surface area (Å²) in [6.45, 7) is 4.90. The normalized spacial score (nSPS) is 21.2. The van der Waals surface area contributed by atoms with E-state index in [1.807, 2.05) is 37.3 Å². The molecule has 2 N–H and O–H groups in total. The van der Waals surface area contributed by atoms with Gasteiger partial charge in [0.2, 0.25) is 0 Å². The van der Waals surface area contributed by atoms with E-state index in [1.54, 1.807) is 0 Å². The lowest BCUT2D eigenvalue weighted by Gasteiger charge is -2.33. The van der Waals surface area contributed by atoms with Crippen molar-refractivity contribution in [2.45, 2.75) is 38.4 Å². The number of nitrogens with zero attached hydrogens (tertiary/aromatic N) is 1. The van der Waals surface area contributed by atoms with Crippen molar-refractivity contribution in [2.75, 3.05) is 19.6 Å². The quantitative estimate of drug-likeness (QED) is 0.856. The Hall–Kier alpha value is -0.900. The van der Waals surface area contributed by atoms with Gasteiger partial charge in [0.15, 0.2) is 0 Å². The van der Waals surface area contributed by atoms with E-state index in [9.17, 15) is 10.2 Å². The van der Waals surface area contributed by atoms with Crippen LogP contribution in [0, 0.1) is 5.92 Å². The molecule has 1 aromatic rings. The summed E-state index contributed by atoms with van der Waals surface area (Å²) in [4.78, 5) is 2.39. The number of likely N-dealkylation sites (tertiary alicyclic amines) is 1. The highest BCUT2D eigenvalue weighted by Gasteiger charge is 2.22. The molecule has 3 nitrogen and oxygen atoms in total. The minimum absolute atomic E-state index is 0.183. The highest BCUT2D eigenvalue weighted by atomic mass is 16.3. The van der Waals surface area contributed by atoms with Crippen molar-refractivity contribution in [1.29, 1.82) is 0 Å². The van der Waals surface area contributed by atoms with Crippen LogP contribution < -0.4 is 0 Å². The number of rotatable bonds is 5. The fraction of sp³-hybridized carbons (Fsp3) is 0.625. The molecule has 0 spiro atoms. The van der Waals surface area contributed by atoms with Gasteiger partial charge < -0.3 is 15.1 Å². The fourth-order valence-electron chi connectivity index (χ4n) is 2.81. The van der Waals surface area contributed by atoms with Gasteiger partial charge in [-0.2, -0.15) is 0 Å². The number of hydrogen-bond donors (Lipinski definition) is 2. The zero-order chi connectivity index (χ0) is 13.7. The molecule has 106 valence electrons. The number of benzene rings is 1. The van der Waals surface area contributed by atoms with E-state index in [2.05, 4.69) is 4.90 Å². The van der Waals surface area contributed by atoms with Crippen molar-refractivity contribution in [2.24, 2.45) is 5.92 Å². The maximum Gasteiger partial charge on any atom is 0.0802 e. The zero-order valence-electron chi connectivity index (χ0n) is 11.7. The molecule has 0 bridgehead atoms. The molecule has 0 saturated carbocycles. The van der Waals surface area contributed by atoms with Crippen molar-refractivity contribution in [3.05, 3.63) is 35.9 Å². The first-order chi connectivity index (χ1) is 9.16. The van der Waals surface area contributed by atoms with Gasteiger partial charge in [-0.3, -0.25) is 0 Å². The predicted molar refractivity (Wildman–Crippen MR) is 76.9 cm³/mol. The Morgan fingerprint density at radius 1 is 1.16 bits per heavy atom. The van der Waals surface area contributed by atoms with E-state index in [0.717, 1.165) is 44.5 Å². The Kier molecular flexibility index (Phi) is 5.37. The van der Waals surface area contributed by atoms with Crippen LogP contribution in [0.2, 0.25) is 0 Å². The summed E-state index contributed by atoms with van der Waals surface area (Å²) in [5.41, 5.74) is 1.00. The number of aliphatic hydroxyl groups excluding tert-OH is 2. The summed E-state index contributed by atoms with van der Waals surface area (Å²) in [7, 11) is 0. The zero-order valence-corrected chi connectivity index (χ0v) is 11.7. The van der Waals surface area contributed by atoms with Crippen LogP contribution in [-0.4, -0.2) is 40.9 Å². The molecule has 1 saturated heterocycles. The molecule has 1 aliphatic rings. The second-order valence-electron chi connectivity index (χ2n) is 5.63. The van der Waals surface area contributed by atoms with Crippen LogP contribution in [0.3, 0.4) is 0 Å². The van der Waals surface area contributed by atoms with E-state index in [-0.39, 0.29) is 12.2 Å². The third kappa shape index (κ3) is 4.30. The Morgan fingerprint density at radius 3 is 2.37 bits per heavy atom. The molecule has 0 aliphatic carbocycles. The van der Waals surface area contributed by atoms with Crippen molar-refractivity contribution < 1.29 is 10.2 Å². The maximum atomic E-state index is 10.1. The molecule has 19 heavy (non-hydrogen) atoms. The first-order valence-corrected chi connectivity index (χ1v) is 7.30. The minimum Gasteiger partial charge on any atom is -0.393 e. The van der Waals surface area contributed by atoms with Crippen LogP contribution in [0.4, 0.5) is 0 Å². The van der Waals surface area contributed by atoms with Crippen molar-refractivity contribution in [1.82, 2.24) is 4.90 Å². The molecule has 1 aromatic carbocycles. The monoisotopic (exact) mass is 263 g/mol. The number of piperidine rings is 1. The Balaban J connectivity index is 1.72. The van der Waals surface area contributed by atoms with Crippen LogP contribution >= 0.6 is 0 Å². The van der Waals surface area contributed by atoms with Gasteiger partial charge in [-0.05, 0) is 50.8 Å². The van der Waals surface area contributed by atoms with Crippen molar-refractivity contribution in [3.8, 4) is 0 Å². The molecule has 2 unspecified atom stereocenters. The molecule has 2 rings (SSSR count). The van der Waals surface area contributed by atoms with E-state index in [4.69, 9.17) is 0 Å². The summed E-state index contributed by atoms with van der Waals surface area (Å²) < 4.78 is 0. The standard InChI is InChI=1S/C16H25NO2/c1-13(18)14-7-10-17(11-8-14)12-9-16(19)15-5-3-2-4-6-15/h2-6,13-14,16,18-19H,7-12H2,1H3. The SMILES string of the molecule is CC(O)C1CCN(CCC(O)c2ccccc2)CC1. The second kappa shape index (κ2) is 7.04. The predicted octanol–water partition coefficient (Wildman–Crippen LogP) is 2.20. The molecule has 0 aromatic heterocycles. The highest BCUT2D eigenvalue weighted by Crippen LogP contribution is 2.22. The van der Waals surface area contributed by atoms with E-state index >= 15 is 0 Å². The van der Waals surface area contributed by atoms with Gasteiger partial charge in [-0.1, -0.05) is 30.3 Å². The van der Waals surface area contributed by atoms with Crippen molar-refractivity contribution >= 4 is 0 Å². The molecule has 0 amide bonds. The first-order valence-electron chi connectivity index (χ1n) is 7.30. The summed E-state index contributed by atoms with van der Waals surface area (Å²) in [5, 5.41) is 19.7. The van der Waals surface area contributed by atoms with E-state index < -0.39 is 0 Å². The lowest BCUT2D eigenvalue weighted by molar-refractivity contribution is 0.0641. The summed E-state index contributed by atoms with van der Waals surface area (Å²) in [6, 6.07) is 9.85. The number of hydrogen-bond acceptors (Lipinski definition) is 3. The Labute approximate surface area is 115 Å². The second-order valence-corrected chi connectivity index (χ2v) is 5.63. The van der Waals surface area contributed by atoms with Gasteiger partial charge in [0, 0.05) is 6.54 Å². The third-order valence-electron chi connectivity index (χ3n) is 4.22. The largest absolute Gasteiger partial charge is 0.393 e. The smallest absolute Gasteiger partial charge is 0.0802 e. The average Bonchev–Trinajstić information content (AvgIpc) is 2.46. The van der Waals surface area contributed by atoms with Gasteiger partial charge in [0.25, 0.3) is 0 Å². The van der Waals surface area contributed by atoms with E-state index in [1.165, 1.54) is 0 Å². The van der Waals surface area contributed by atoms with Gasteiger partial charge in [-0.15, -0.1) is 0 Å². The van der Waals surface area contributed by atoms with Crippen LogP contribution in [0.1, 0.15) is 37.9 Å². The molecule has 1 aliphatic heterocycles. The van der Waals surface area contributed by atoms with Gasteiger partial charge in [0.05, 0.1) is 12.2 Å². The van der Waals surface area contributed by atoms with Gasteiger partial charge >= 0.3 is 0 Å². The van der Waals surface area contributed by atoms with Crippen LogP contribution in [-0.2, 0) is 0 Å². The Bertz CT molecular complexity index is 358. The molecular weight excluding hydrogens is 238 g/mol. The average molecular weight is 263 g/mol. The molecule has 1 fully saturated rings. The number of aliphatic hydroxyl groups is 2. The van der Waals surface area contributed by atoms with E-state index in [0.29, 0.717) is 5.92 Å². The Morgan fingerprint density at radius 2 is 1.79 bits per heavy atom. The van der Waals surface area contributed by atoms with Gasteiger partial charge in [0.1, 0.15) is 0 Å². The minimum atomic E-state index is -0.365. The molecule has 2 atom stereocenters. The highest BCUT2D eigenvalue weighted by molar-refractivity contribution is 5.17. The molecule has 3 heteroatoms. The van der Waals surface area contributed by atoms with Crippen LogP contribution in [0.15, 0.2) is 30.3 Å². The lowest BCUT2D eigenvalue weighted by Crippen LogP contribution is -2.37. The summed E-state index contributed by atoms with van der Waals surface area (Å²) in [5.74, 6) is 0.454.